The minimum absolute atomic E-state index is 0.0563. The molecule has 114 valence electrons. The molecule has 0 saturated carbocycles. The highest BCUT2D eigenvalue weighted by atomic mass is 16.4. The van der Waals surface area contributed by atoms with Crippen LogP contribution in [0.15, 0.2) is 48.5 Å². The van der Waals surface area contributed by atoms with Gasteiger partial charge in [-0.25, -0.2) is 4.79 Å². The van der Waals surface area contributed by atoms with Gasteiger partial charge in [-0.2, -0.15) is 0 Å². The van der Waals surface area contributed by atoms with Crippen LogP contribution in [0.1, 0.15) is 27.6 Å². The molecule has 6 heteroatoms. The lowest BCUT2D eigenvalue weighted by Crippen LogP contribution is -2.28. The fraction of sp³-hybridized carbons (Fsp3) is 0.125. The molecule has 1 atom stereocenters. The number of aromatic carboxylic acids is 1. The Kier molecular flexibility index (Phi) is 4.75. The molecule has 22 heavy (non-hydrogen) atoms. The maximum atomic E-state index is 11.3. The van der Waals surface area contributed by atoms with Gasteiger partial charge in [0.25, 0.3) is 0 Å². The molecule has 2 rings (SSSR count). The van der Waals surface area contributed by atoms with Gasteiger partial charge in [-0.15, -0.1) is 0 Å². The summed E-state index contributed by atoms with van der Waals surface area (Å²) < 4.78 is 0. The number of aliphatic hydroxyl groups excluding tert-OH is 1. The normalized spacial score (nSPS) is 11.5. The average Bonchev–Trinajstić information content (AvgIpc) is 2.47. The quantitative estimate of drug-likeness (QED) is 0.483. The lowest BCUT2D eigenvalue weighted by atomic mass is 10.1. The number of carbonyl (C=O) groups excluding carboxylic acids is 1. The van der Waals surface area contributed by atoms with Gasteiger partial charge < -0.3 is 20.8 Å². The summed E-state index contributed by atoms with van der Waals surface area (Å²) in [5.41, 5.74) is 1.40. The number of anilines is 2. The number of rotatable bonds is 6. The molecule has 0 amide bonds. The van der Waals surface area contributed by atoms with Gasteiger partial charge in [0, 0.05) is 11.3 Å². The summed E-state index contributed by atoms with van der Waals surface area (Å²) in [4.78, 5) is 22.4. The maximum absolute atomic E-state index is 11.3. The SMILES string of the molecule is CC(=O)c1cccc(NC(O)Nc2ccccc2C(=O)O)c1. The van der Waals surface area contributed by atoms with Crippen LogP contribution in [0, 0.1) is 0 Å². The van der Waals surface area contributed by atoms with E-state index in [1.165, 1.54) is 13.0 Å². The summed E-state index contributed by atoms with van der Waals surface area (Å²) in [5.74, 6) is -1.17. The molecule has 4 N–H and O–H groups in total. The number of hydrogen-bond acceptors (Lipinski definition) is 5. The molecular formula is C16H16N2O4. The number of carbonyl (C=O) groups is 2. The highest BCUT2D eigenvalue weighted by molar-refractivity contribution is 5.95. The lowest BCUT2D eigenvalue weighted by Gasteiger charge is -2.18. The second-order valence-electron chi connectivity index (χ2n) is 4.68. The minimum atomic E-state index is -1.21. The van der Waals surface area contributed by atoms with Crippen molar-refractivity contribution in [2.24, 2.45) is 0 Å². The number of Topliss-reactive ketones (excluding diaryl/α,β-unsaturated/α-hetero) is 1. The summed E-state index contributed by atoms with van der Waals surface area (Å²) in [7, 11) is 0. The van der Waals surface area contributed by atoms with E-state index >= 15 is 0 Å². The van der Waals surface area contributed by atoms with Crippen LogP contribution in [0.2, 0.25) is 0 Å². The van der Waals surface area contributed by atoms with E-state index in [0.717, 1.165) is 0 Å². The fourth-order valence-corrected chi connectivity index (χ4v) is 1.96. The van der Waals surface area contributed by atoms with Crippen molar-refractivity contribution in [2.45, 2.75) is 13.3 Å². The number of nitrogens with one attached hydrogen (secondary N) is 2. The van der Waals surface area contributed by atoms with Crippen molar-refractivity contribution in [2.75, 3.05) is 10.6 Å². The Morgan fingerprint density at radius 1 is 1.05 bits per heavy atom. The third-order valence-electron chi connectivity index (χ3n) is 3.02. The van der Waals surface area contributed by atoms with Crippen molar-refractivity contribution in [3.8, 4) is 0 Å². The van der Waals surface area contributed by atoms with Gasteiger partial charge in [0.2, 0.25) is 6.35 Å². The van der Waals surface area contributed by atoms with Crippen molar-refractivity contribution in [1.82, 2.24) is 0 Å². The Balaban J connectivity index is 2.10. The summed E-state index contributed by atoms with van der Waals surface area (Å²) in [6.07, 6.45) is -1.21. The van der Waals surface area contributed by atoms with E-state index < -0.39 is 12.3 Å². The number of para-hydroxylation sites is 1. The van der Waals surface area contributed by atoms with Gasteiger partial charge in [-0.1, -0.05) is 24.3 Å². The molecule has 6 nitrogen and oxygen atoms in total. The predicted molar refractivity (Wildman–Crippen MR) is 83.1 cm³/mol. The third kappa shape index (κ3) is 3.83. The van der Waals surface area contributed by atoms with Crippen LogP contribution in [0.3, 0.4) is 0 Å². The van der Waals surface area contributed by atoms with E-state index in [1.807, 2.05) is 0 Å². The maximum Gasteiger partial charge on any atom is 0.337 e. The van der Waals surface area contributed by atoms with Crippen molar-refractivity contribution >= 4 is 23.1 Å². The van der Waals surface area contributed by atoms with Crippen molar-refractivity contribution in [3.63, 3.8) is 0 Å². The van der Waals surface area contributed by atoms with E-state index in [9.17, 15) is 14.7 Å². The Morgan fingerprint density at radius 2 is 1.77 bits per heavy atom. The van der Waals surface area contributed by atoms with Gasteiger partial charge in [0.15, 0.2) is 5.78 Å². The molecule has 0 bridgehead atoms. The van der Waals surface area contributed by atoms with E-state index in [2.05, 4.69) is 10.6 Å². The fourth-order valence-electron chi connectivity index (χ4n) is 1.96. The van der Waals surface area contributed by atoms with Crippen LogP contribution in [-0.4, -0.2) is 28.3 Å². The molecule has 1 unspecified atom stereocenters. The second kappa shape index (κ2) is 6.73. The average molecular weight is 300 g/mol. The summed E-state index contributed by atoms with van der Waals surface area (Å²) in [5, 5.41) is 24.5. The van der Waals surface area contributed by atoms with Crippen LogP contribution in [-0.2, 0) is 0 Å². The minimum Gasteiger partial charge on any atom is -0.478 e. The first-order valence-corrected chi connectivity index (χ1v) is 6.62. The number of benzene rings is 2. The van der Waals surface area contributed by atoms with Crippen LogP contribution in [0.5, 0.6) is 0 Å². The smallest absolute Gasteiger partial charge is 0.337 e. The second-order valence-corrected chi connectivity index (χ2v) is 4.68. The molecule has 0 heterocycles. The zero-order valence-corrected chi connectivity index (χ0v) is 11.9. The van der Waals surface area contributed by atoms with E-state index in [4.69, 9.17) is 5.11 Å². The molecule has 0 radical (unpaired) electrons. The Morgan fingerprint density at radius 3 is 2.45 bits per heavy atom. The van der Waals surface area contributed by atoms with Crippen LogP contribution in [0.25, 0.3) is 0 Å². The molecule has 0 aliphatic carbocycles. The monoisotopic (exact) mass is 300 g/mol. The van der Waals surface area contributed by atoms with Gasteiger partial charge >= 0.3 is 5.97 Å². The first-order valence-electron chi connectivity index (χ1n) is 6.62. The molecule has 0 aliphatic heterocycles. The van der Waals surface area contributed by atoms with Gasteiger partial charge in [0.1, 0.15) is 0 Å². The summed E-state index contributed by atoms with van der Waals surface area (Å²) >= 11 is 0. The van der Waals surface area contributed by atoms with Crippen LogP contribution < -0.4 is 10.6 Å². The topological polar surface area (TPSA) is 98.7 Å². The number of hydrogen-bond donors (Lipinski definition) is 4. The molecule has 2 aromatic carbocycles. The van der Waals surface area contributed by atoms with Crippen molar-refractivity contribution in [3.05, 3.63) is 59.7 Å². The molecule has 0 spiro atoms. The third-order valence-corrected chi connectivity index (χ3v) is 3.02. The summed E-state index contributed by atoms with van der Waals surface area (Å²) in [6.45, 7) is 1.46. The molecule has 2 aromatic rings. The van der Waals surface area contributed by atoms with Gasteiger partial charge in [-0.05, 0) is 31.2 Å². The van der Waals surface area contributed by atoms with E-state index in [0.29, 0.717) is 11.3 Å². The largest absolute Gasteiger partial charge is 0.478 e. The zero-order valence-electron chi connectivity index (χ0n) is 11.9. The first kappa shape index (κ1) is 15.5. The zero-order chi connectivity index (χ0) is 16.1. The van der Waals surface area contributed by atoms with Gasteiger partial charge in [-0.3, -0.25) is 4.79 Å². The molecule has 0 aromatic heterocycles. The van der Waals surface area contributed by atoms with Gasteiger partial charge in [0.05, 0.1) is 11.3 Å². The molecule has 0 saturated heterocycles. The molecule has 0 fully saturated rings. The number of carboxylic acids is 1. The van der Waals surface area contributed by atoms with Crippen LogP contribution >= 0.6 is 0 Å². The Labute approximate surface area is 127 Å². The molecule has 0 aliphatic rings. The Bertz CT molecular complexity index is 700. The summed E-state index contributed by atoms with van der Waals surface area (Å²) in [6, 6.07) is 12.9. The highest BCUT2D eigenvalue weighted by Crippen LogP contribution is 2.17. The molecular weight excluding hydrogens is 284 g/mol. The predicted octanol–water partition coefficient (Wildman–Crippen LogP) is 2.39. The Hall–Kier alpha value is -2.86. The number of carboxylic acid groups (broad SMARTS) is 1. The van der Waals surface area contributed by atoms with Crippen molar-refractivity contribution < 1.29 is 19.8 Å². The number of aliphatic hydroxyl groups is 1. The standard InChI is InChI=1S/C16H16N2O4/c1-10(19)11-5-4-6-12(9-11)17-16(22)18-14-8-3-2-7-13(14)15(20)21/h2-9,16-18,22H,1H3,(H,20,21). The van der Waals surface area contributed by atoms with Crippen molar-refractivity contribution in [1.29, 1.82) is 0 Å². The van der Waals surface area contributed by atoms with Crippen LogP contribution in [0.4, 0.5) is 11.4 Å². The highest BCUT2D eigenvalue weighted by Gasteiger charge is 2.12. The van der Waals surface area contributed by atoms with E-state index in [-0.39, 0.29) is 17.0 Å². The van der Waals surface area contributed by atoms with E-state index in [1.54, 1.807) is 42.5 Å². The lowest BCUT2D eigenvalue weighted by molar-refractivity contribution is 0.0697. The number of ketones is 1. The first-order chi connectivity index (χ1) is 10.5.